The van der Waals surface area contributed by atoms with Crippen molar-refractivity contribution in [3.05, 3.63) is 59.4 Å². The number of hydrogen-bond donors (Lipinski definition) is 1. The lowest BCUT2D eigenvalue weighted by Crippen LogP contribution is -2.18. The monoisotopic (exact) mass is 378 g/mol. The highest BCUT2D eigenvalue weighted by Crippen LogP contribution is 2.31. The van der Waals surface area contributed by atoms with Crippen molar-refractivity contribution < 1.29 is 13.9 Å². The van der Waals surface area contributed by atoms with E-state index in [-0.39, 0.29) is 6.04 Å². The second-order valence-electron chi connectivity index (χ2n) is 6.79. The molecule has 1 N–H and O–H groups in total. The van der Waals surface area contributed by atoms with Crippen LogP contribution in [-0.4, -0.2) is 13.7 Å². The van der Waals surface area contributed by atoms with E-state index in [1.807, 2.05) is 36.4 Å². The number of hydrogen-bond acceptors (Lipinski definition) is 5. The zero-order valence-electron chi connectivity index (χ0n) is 16.6. The highest BCUT2D eigenvalue weighted by atomic mass is 16.5. The topological polar surface area (TPSA) is 67.4 Å². The maximum atomic E-state index is 8.64. The first-order chi connectivity index (χ1) is 13.6. The molecule has 5 nitrogen and oxygen atoms in total. The predicted molar refractivity (Wildman–Crippen MR) is 110 cm³/mol. The van der Waals surface area contributed by atoms with E-state index in [4.69, 9.17) is 19.2 Å². The van der Waals surface area contributed by atoms with E-state index < -0.39 is 0 Å². The molecule has 2 aromatic carbocycles. The number of methoxy groups -OCH3 is 1. The molecule has 0 spiro atoms. The van der Waals surface area contributed by atoms with Crippen LogP contribution in [0.4, 0.5) is 0 Å². The van der Waals surface area contributed by atoms with Crippen LogP contribution in [0.2, 0.25) is 0 Å². The van der Waals surface area contributed by atoms with E-state index in [1.165, 1.54) is 5.56 Å². The summed E-state index contributed by atoms with van der Waals surface area (Å²) in [5.74, 6) is 2.36. The Morgan fingerprint density at radius 3 is 2.75 bits per heavy atom. The molecule has 1 atom stereocenters. The van der Waals surface area contributed by atoms with Gasteiger partial charge < -0.3 is 19.2 Å². The molecular formula is C23H26N2O3. The van der Waals surface area contributed by atoms with Crippen LogP contribution in [0.25, 0.3) is 11.0 Å². The van der Waals surface area contributed by atoms with E-state index >= 15 is 0 Å². The van der Waals surface area contributed by atoms with Gasteiger partial charge in [-0.2, -0.15) is 5.26 Å². The summed E-state index contributed by atoms with van der Waals surface area (Å²) in [6, 6.07) is 16.2. The molecule has 5 heteroatoms. The number of aryl methyl sites for hydroxylation is 1. The minimum absolute atomic E-state index is 0.0782. The van der Waals surface area contributed by atoms with E-state index in [0.29, 0.717) is 37.5 Å². The van der Waals surface area contributed by atoms with Gasteiger partial charge in [-0.15, -0.1) is 0 Å². The van der Waals surface area contributed by atoms with E-state index in [0.717, 1.165) is 22.3 Å². The SMILES string of the molecule is COc1ccc(CNC(C)c2oc3ccccc3c2C)cc1OCCCC#N. The summed E-state index contributed by atoms with van der Waals surface area (Å²) >= 11 is 0. The maximum absolute atomic E-state index is 8.64. The molecular weight excluding hydrogens is 352 g/mol. The number of nitriles is 1. The molecule has 3 rings (SSSR count). The Kier molecular flexibility index (Phi) is 6.57. The van der Waals surface area contributed by atoms with Crippen LogP contribution in [0, 0.1) is 18.3 Å². The lowest BCUT2D eigenvalue weighted by molar-refractivity contribution is 0.290. The number of furan rings is 1. The normalized spacial score (nSPS) is 11.9. The molecule has 0 amide bonds. The van der Waals surface area contributed by atoms with E-state index in [2.05, 4.69) is 31.3 Å². The van der Waals surface area contributed by atoms with Crippen molar-refractivity contribution in [2.24, 2.45) is 0 Å². The standard InChI is InChI=1S/C23H26N2O3/c1-16-19-8-4-5-9-20(19)28-23(16)17(2)25-15-18-10-11-21(26-3)22(14-18)27-13-7-6-12-24/h4-5,8-11,14,17,25H,6-7,13,15H2,1-3H3. The highest BCUT2D eigenvalue weighted by Gasteiger charge is 2.16. The average molecular weight is 378 g/mol. The maximum Gasteiger partial charge on any atom is 0.161 e. The number of para-hydroxylation sites is 1. The Balaban J connectivity index is 1.67. The van der Waals surface area contributed by atoms with E-state index in [1.54, 1.807) is 7.11 Å². The summed E-state index contributed by atoms with van der Waals surface area (Å²) in [5.41, 5.74) is 3.18. The lowest BCUT2D eigenvalue weighted by Gasteiger charge is -2.15. The van der Waals surface area contributed by atoms with Crippen LogP contribution in [0.3, 0.4) is 0 Å². The van der Waals surface area contributed by atoms with Crippen molar-refractivity contribution in [1.82, 2.24) is 5.32 Å². The fraction of sp³-hybridized carbons (Fsp3) is 0.348. The number of fused-ring (bicyclic) bond motifs is 1. The van der Waals surface area contributed by atoms with Gasteiger partial charge in [0.1, 0.15) is 11.3 Å². The first-order valence-corrected chi connectivity index (χ1v) is 9.52. The quantitative estimate of drug-likeness (QED) is 0.513. The van der Waals surface area contributed by atoms with Gasteiger partial charge in [0.2, 0.25) is 0 Å². The van der Waals surface area contributed by atoms with Gasteiger partial charge in [-0.25, -0.2) is 0 Å². The van der Waals surface area contributed by atoms with Crippen molar-refractivity contribution in [2.45, 2.75) is 39.3 Å². The molecule has 28 heavy (non-hydrogen) atoms. The second kappa shape index (κ2) is 9.29. The summed E-state index contributed by atoms with van der Waals surface area (Å²) < 4.78 is 17.2. The van der Waals surface area contributed by atoms with Gasteiger partial charge in [0, 0.05) is 18.4 Å². The van der Waals surface area contributed by atoms with Gasteiger partial charge in [0.25, 0.3) is 0 Å². The zero-order chi connectivity index (χ0) is 19.9. The van der Waals surface area contributed by atoms with Gasteiger partial charge in [-0.05, 0) is 49.6 Å². The summed E-state index contributed by atoms with van der Waals surface area (Å²) in [6.07, 6.45) is 1.18. The van der Waals surface area contributed by atoms with Crippen molar-refractivity contribution in [3.63, 3.8) is 0 Å². The van der Waals surface area contributed by atoms with Gasteiger partial charge in [-0.3, -0.25) is 0 Å². The largest absolute Gasteiger partial charge is 0.493 e. The smallest absolute Gasteiger partial charge is 0.161 e. The van der Waals surface area contributed by atoms with Crippen LogP contribution in [0.1, 0.15) is 42.7 Å². The molecule has 1 unspecified atom stereocenters. The molecule has 146 valence electrons. The molecule has 0 saturated carbocycles. The third kappa shape index (κ3) is 4.47. The Labute approximate surface area is 165 Å². The number of nitrogens with one attached hydrogen (secondary N) is 1. The number of rotatable bonds is 9. The van der Waals surface area contributed by atoms with Crippen molar-refractivity contribution >= 4 is 11.0 Å². The molecule has 0 saturated heterocycles. The van der Waals surface area contributed by atoms with Crippen LogP contribution in [0.15, 0.2) is 46.9 Å². The number of ether oxygens (including phenoxy) is 2. The molecule has 0 bridgehead atoms. The van der Waals surface area contributed by atoms with Crippen LogP contribution in [0.5, 0.6) is 11.5 Å². The number of unbranched alkanes of at least 4 members (excludes halogenated alkanes) is 1. The molecule has 0 aliphatic carbocycles. The van der Waals surface area contributed by atoms with Crippen LogP contribution < -0.4 is 14.8 Å². The summed E-state index contributed by atoms with van der Waals surface area (Å²) in [4.78, 5) is 0. The molecule has 0 fully saturated rings. The fourth-order valence-electron chi connectivity index (χ4n) is 3.25. The molecule has 0 radical (unpaired) electrons. The number of benzene rings is 2. The minimum atomic E-state index is 0.0782. The average Bonchev–Trinajstić information content (AvgIpc) is 3.06. The molecule has 0 aliphatic rings. The first-order valence-electron chi connectivity index (χ1n) is 9.52. The van der Waals surface area contributed by atoms with Crippen molar-refractivity contribution in [3.8, 4) is 17.6 Å². The minimum Gasteiger partial charge on any atom is -0.493 e. The highest BCUT2D eigenvalue weighted by molar-refractivity contribution is 5.82. The number of nitrogens with zero attached hydrogens (tertiary/aromatic N) is 1. The van der Waals surface area contributed by atoms with Crippen LogP contribution >= 0.6 is 0 Å². The summed E-state index contributed by atoms with van der Waals surface area (Å²) in [6.45, 7) is 5.37. The van der Waals surface area contributed by atoms with Crippen molar-refractivity contribution in [2.75, 3.05) is 13.7 Å². The second-order valence-corrected chi connectivity index (χ2v) is 6.79. The van der Waals surface area contributed by atoms with Gasteiger partial charge in [0.15, 0.2) is 11.5 Å². The third-order valence-electron chi connectivity index (χ3n) is 4.80. The van der Waals surface area contributed by atoms with Gasteiger partial charge in [-0.1, -0.05) is 24.3 Å². The molecule has 1 heterocycles. The summed E-state index contributed by atoms with van der Waals surface area (Å²) in [7, 11) is 1.63. The van der Waals surface area contributed by atoms with Gasteiger partial charge in [0.05, 0.1) is 25.8 Å². The van der Waals surface area contributed by atoms with Crippen molar-refractivity contribution in [1.29, 1.82) is 5.26 Å². The zero-order valence-corrected chi connectivity index (χ0v) is 16.6. The Hall–Kier alpha value is -2.97. The van der Waals surface area contributed by atoms with E-state index in [9.17, 15) is 0 Å². The van der Waals surface area contributed by atoms with Crippen LogP contribution in [-0.2, 0) is 6.54 Å². The summed E-state index contributed by atoms with van der Waals surface area (Å²) in [5, 5.41) is 13.3. The Morgan fingerprint density at radius 2 is 2.00 bits per heavy atom. The first kappa shape index (κ1) is 19.8. The molecule has 0 aliphatic heterocycles. The fourth-order valence-corrected chi connectivity index (χ4v) is 3.25. The molecule has 3 aromatic rings. The predicted octanol–water partition coefficient (Wildman–Crippen LogP) is 5.28. The van der Waals surface area contributed by atoms with Gasteiger partial charge >= 0.3 is 0 Å². The Bertz CT molecular complexity index is 972. The lowest BCUT2D eigenvalue weighted by atomic mass is 10.1. The Morgan fingerprint density at radius 1 is 1.18 bits per heavy atom. The third-order valence-corrected chi connectivity index (χ3v) is 4.80. The molecule has 1 aromatic heterocycles.